The predicted molar refractivity (Wildman–Crippen MR) is 162 cm³/mol. The first-order chi connectivity index (χ1) is 22.0. The minimum absolute atomic E-state index is 0.0472. The zero-order valence-electron chi connectivity index (χ0n) is 27.4. The van der Waals surface area contributed by atoms with E-state index in [1.165, 1.54) is 0 Å². The molecule has 248 valence electrons. The van der Waals surface area contributed by atoms with Gasteiger partial charge in [-0.25, -0.2) is 4.79 Å². The molecule has 4 saturated heterocycles. The summed E-state index contributed by atoms with van der Waals surface area (Å²) < 4.78 is 32.3. The number of carbonyl (C=O) groups is 3. The van der Waals surface area contributed by atoms with Crippen LogP contribution in [0.2, 0.25) is 0 Å². The summed E-state index contributed by atoms with van der Waals surface area (Å²) >= 11 is 0. The Hall–Kier alpha value is -2.49. The molecule has 1 aromatic rings. The number of unbranched alkanes of at least 4 members (excludes halogenated alkanes) is 2. The number of hydrogen-bond acceptors (Lipinski definition) is 9. The monoisotopic (exact) mass is 634 g/mol. The number of carbonyl (C=O) groups excluding carboxylic acids is 3. The van der Waals surface area contributed by atoms with Gasteiger partial charge < -0.3 is 28.5 Å². The van der Waals surface area contributed by atoms with E-state index in [-0.39, 0.29) is 24.3 Å². The maximum Gasteiger partial charge on any atom is 0.339 e. The summed E-state index contributed by atoms with van der Waals surface area (Å²) in [4.78, 5) is 42.9. The van der Waals surface area contributed by atoms with Crippen LogP contribution in [-0.2, 0) is 39.8 Å². The molecule has 0 amide bonds. The smallest absolute Gasteiger partial charge is 0.339 e. The van der Waals surface area contributed by atoms with Crippen LogP contribution in [0.5, 0.6) is 0 Å². The Morgan fingerprint density at radius 3 is 2.52 bits per heavy atom. The highest BCUT2D eigenvalue weighted by molar-refractivity contribution is 5.98. The van der Waals surface area contributed by atoms with Crippen molar-refractivity contribution in [3.63, 3.8) is 0 Å². The van der Waals surface area contributed by atoms with E-state index in [1.54, 1.807) is 6.26 Å². The van der Waals surface area contributed by atoms with Crippen molar-refractivity contribution in [2.75, 3.05) is 6.61 Å². The Kier molecular flexibility index (Phi) is 5.76. The fourth-order valence-electron chi connectivity index (χ4n) is 13.1. The third kappa shape index (κ3) is 2.82. The molecule has 2 bridgehead atoms. The van der Waals surface area contributed by atoms with E-state index in [1.807, 2.05) is 32.1 Å². The third-order valence-corrected chi connectivity index (χ3v) is 14.8. The lowest BCUT2D eigenvalue weighted by atomic mass is 9.32. The molecule has 5 spiro atoms. The number of Topliss-reactive ketones (excluding diaryl/α,β-unsaturated/α-hetero) is 1. The molecule has 3 saturated carbocycles. The molecular weight excluding hydrogens is 588 g/mol. The van der Waals surface area contributed by atoms with Gasteiger partial charge in [0.25, 0.3) is 0 Å². The number of esters is 2. The van der Waals surface area contributed by atoms with E-state index in [0.717, 1.165) is 49.8 Å². The molecule has 0 unspecified atom stereocenters. The highest BCUT2D eigenvalue weighted by atomic mass is 16.7. The van der Waals surface area contributed by atoms with E-state index >= 15 is 4.79 Å². The van der Waals surface area contributed by atoms with E-state index in [4.69, 9.17) is 23.4 Å². The van der Waals surface area contributed by atoms with Crippen LogP contribution in [0.1, 0.15) is 109 Å². The molecule has 5 heterocycles. The quantitative estimate of drug-likeness (QED) is 0.198. The third-order valence-electron chi connectivity index (χ3n) is 14.8. The number of furan rings is 1. The molecule has 46 heavy (non-hydrogen) atoms. The number of allylic oxidation sites excluding steroid dienone is 1. The number of aliphatic hydroxyl groups excluding tert-OH is 1. The van der Waals surface area contributed by atoms with Crippen molar-refractivity contribution in [1.29, 1.82) is 0 Å². The van der Waals surface area contributed by atoms with Crippen LogP contribution in [0, 0.1) is 33.0 Å². The van der Waals surface area contributed by atoms with E-state index in [0.29, 0.717) is 32.1 Å². The van der Waals surface area contributed by atoms with Crippen molar-refractivity contribution in [3.8, 4) is 0 Å². The summed E-state index contributed by atoms with van der Waals surface area (Å²) in [5.74, 6) is -0.479. The second-order valence-corrected chi connectivity index (χ2v) is 16.5. The van der Waals surface area contributed by atoms with Gasteiger partial charge in [-0.2, -0.15) is 0 Å². The molecule has 0 radical (unpaired) electrons. The molecule has 9 aliphatic rings. The number of aliphatic hydroxyl groups is 1. The van der Waals surface area contributed by atoms with Crippen LogP contribution in [0.3, 0.4) is 0 Å². The van der Waals surface area contributed by atoms with Gasteiger partial charge in [0, 0.05) is 22.8 Å². The number of epoxide rings is 1. The number of fused-ring (bicyclic) bond motifs is 3. The first kappa shape index (κ1) is 29.6. The summed E-state index contributed by atoms with van der Waals surface area (Å²) in [6, 6.07) is 1.91. The number of ketones is 1. The van der Waals surface area contributed by atoms with Gasteiger partial charge >= 0.3 is 11.9 Å². The van der Waals surface area contributed by atoms with Crippen LogP contribution in [-0.4, -0.2) is 58.9 Å². The lowest BCUT2D eigenvalue weighted by Gasteiger charge is -2.69. The summed E-state index contributed by atoms with van der Waals surface area (Å²) in [6.07, 6.45) is 10.8. The number of rotatable bonds is 5. The number of hydrogen-bond donors (Lipinski definition) is 1. The minimum Gasteiger partial charge on any atom is -0.469 e. The lowest BCUT2D eigenvalue weighted by Crippen LogP contribution is -2.80. The Balaban J connectivity index is 1.25. The molecule has 4 aliphatic heterocycles. The maximum atomic E-state index is 15.2. The molecule has 10 atom stereocenters. The SMILES string of the molecule is CCCCCc1occc1[C@@H]1OC(=O)[C@H]2O[C@]23[C@]24CC=C[C@@]5(C(=O)[C@H]2O)C(C)(C)O[C@H]2C6(CCCC6)C(=O)OC[C@]25[C@H]4CC[C@@]13C. The first-order valence-corrected chi connectivity index (χ1v) is 17.6. The lowest BCUT2D eigenvalue weighted by molar-refractivity contribution is -0.273. The number of aryl methyl sites for hydroxylation is 1. The normalized spacial score (nSPS) is 48.5. The average Bonchev–Trinajstić information content (AvgIpc) is 3.34. The van der Waals surface area contributed by atoms with Crippen molar-refractivity contribution < 1.29 is 42.9 Å². The van der Waals surface area contributed by atoms with Crippen LogP contribution in [0.15, 0.2) is 28.9 Å². The van der Waals surface area contributed by atoms with E-state index in [2.05, 4.69) is 13.8 Å². The zero-order valence-corrected chi connectivity index (χ0v) is 27.4. The predicted octanol–water partition coefficient (Wildman–Crippen LogP) is 5.32. The molecule has 9 heteroatoms. The van der Waals surface area contributed by atoms with Crippen molar-refractivity contribution in [2.24, 2.45) is 33.0 Å². The Bertz CT molecular complexity index is 1570. The largest absolute Gasteiger partial charge is 0.469 e. The molecule has 5 aliphatic carbocycles. The van der Waals surface area contributed by atoms with Crippen LogP contribution < -0.4 is 0 Å². The topological polar surface area (TPSA) is 125 Å². The van der Waals surface area contributed by atoms with Crippen LogP contribution in [0.4, 0.5) is 0 Å². The van der Waals surface area contributed by atoms with Crippen LogP contribution in [0.25, 0.3) is 0 Å². The van der Waals surface area contributed by atoms with Crippen molar-refractivity contribution >= 4 is 17.7 Å². The number of cyclic esters (lactones) is 2. The summed E-state index contributed by atoms with van der Waals surface area (Å²) in [6.45, 7) is 8.22. The first-order valence-electron chi connectivity index (χ1n) is 17.6. The highest BCUT2D eigenvalue weighted by Crippen LogP contribution is 2.85. The fraction of sp³-hybridized carbons (Fsp3) is 0.757. The summed E-state index contributed by atoms with van der Waals surface area (Å²) in [5.41, 5.74) is -6.16. The summed E-state index contributed by atoms with van der Waals surface area (Å²) in [5, 5.41) is 12.6. The van der Waals surface area contributed by atoms with Gasteiger partial charge in [0.2, 0.25) is 0 Å². The molecule has 1 aromatic heterocycles. The second kappa shape index (κ2) is 8.94. The van der Waals surface area contributed by atoms with Gasteiger partial charge in [-0.05, 0) is 64.4 Å². The van der Waals surface area contributed by atoms with Crippen molar-refractivity contribution in [3.05, 3.63) is 35.8 Å². The number of ether oxygens (including phenoxy) is 4. The van der Waals surface area contributed by atoms with Gasteiger partial charge in [0.15, 0.2) is 11.9 Å². The molecule has 9 nitrogen and oxygen atoms in total. The molecule has 1 N–H and O–H groups in total. The van der Waals surface area contributed by atoms with Gasteiger partial charge in [0.05, 0.1) is 34.2 Å². The van der Waals surface area contributed by atoms with Gasteiger partial charge in [-0.1, -0.05) is 51.7 Å². The van der Waals surface area contributed by atoms with Gasteiger partial charge in [0.1, 0.15) is 30.2 Å². The zero-order chi connectivity index (χ0) is 32.1. The average molecular weight is 635 g/mol. The Morgan fingerprint density at radius 2 is 1.76 bits per heavy atom. The van der Waals surface area contributed by atoms with Gasteiger partial charge in [-0.3, -0.25) is 9.59 Å². The van der Waals surface area contributed by atoms with Crippen LogP contribution >= 0.6 is 0 Å². The Morgan fingerprint density at radius 1 is 0.978 bits per heavy atom. The molecular formula is C37H46O9. The van der Waals surface area contributed by atoms with E-state index in [9.17, 15) is 14.7 Å². The Labute approximate surface area is 269 Å². The standard InChI is InChI=1S/C37H46O9/c1-5-6-7-11-22-21(13-19-42-22)26-32(4)18-12-23-34(37(32)27(45-37)28(40)44-26)16-10-17-36(25(39)24(34)38)31(2,3)46-29-33(14-8-9-15-33)30(41)43-20-35(23,29)36/h10,13,17,19,23-24,26-27,29,38H,5-9,11-12,14-16,18,20H2,1-4H3/t23-,24+,26-,27+,29-,32-,34-,35-,36+,37+/m0/s1. The molecule has 0 aromatic carbocycles. The fourth-order valence-corrected chi connectivity index (χ4v) is 13.1. The molecule has 7 fully saturated rings. The second-order valence-electron chi connectivity index (χ2n) is 16.5. The molecule has 10 rings (SSSR count). The van der Waals surface area contributed by atoms with Crippen molar-refractivity contribution in [1.82, 2.24) is 0 Å². The van der Waals surface area contributed by atoms with Gasteiger partial charge in [-0.15, -0.1) is 0 Å². The minimum atomic E-state index is -1.40. The van der Waals surface area contributed by atoms with E-state index < -0.39 is 68.7 Å². The maximum absolute atomic E-state index is 15.2. The van der Waals surface area contributed by atoms with Crippen molar-refractivity contribution in [2.45, 2.75) is 134 Å². The summed E-state index contributed by atoms with van der Waals surface area (Å²) in [7, 11) is 0. The highest BCUT2D eigenvalue weighted by Gasteiger charge is 2.95.